The molecule has 1 rings (SSSR count). The molecule has 0 fully saturated rings. The van der Waals surface area contributed by atoms with Crippen molar-refractivity contribution < 1.29 is 0 Å². The minimum absolute atomic E-state index is 0.608. The van der Waals surface area contributed by atoms with Gasteiger partial charge in [-0.2, -0.15) is 5.10 Å². The van der Waals surface area contributed by atoms with Gasteiger partial charge in [0, 0.05) is 19.0 Å². The smallest absolute Gasteiger partial charge is 0.138 e. The van der Waals surface area contributed by atoms with E-state index in [-0.39, 0.29) is 0 Å². The molecular weight excluding hydrogens is 200 g/mol. The molecule has 0 radical (unpaired) electrons. The van der Waals surface area contributed by atoms with Gasteiger partial charge in [-0.15, -0.1) is 0 Å². The number of aryl methyl sites for hydroxylation is 2. The highest BCUT2D eigenvalue weighted by Crippen LogP contribution is 2.07. The SMILES string of the molecule is CCCC(CCc1ncnn1CCC)NC. The lowest BCUT2D eigenvalue weighted by Gasteiger charge is -2.14. The molecule has 0 saturated heterocycles. The van der Waals surface area contributed by atoms with Crippen LogP contribution in [0.3, 0.4) is 0 Å². The first-order valence-electron chi connectivity index (χ1n) is 6.35. The highest BCUT2D eigenvalue weighted by atomic mass is 15.3. The number of hydrogen-bond acceptors (Lipinski definition) is 3. The van der Waals surface area contributed by atoms with E-state index in [4.69, 9.17) is 0 Å². The first kappa shape index (κ1) is 13.2. The van der Waals surface area contributed by atoms with Gasteiger partial charge in [0.2, 0.25) is 0 Å². The molecule has 0 amide bonds. The largest absolute Gasteiger partial charge is 0.317 e. The van der Waals surface area contributed by atoms with Crippen LogP contribution in [0.15, 0.2) is 6.33 Å². The molecule has 92 valence electrons. The van der Waals surface area contributed by atoms with E-state index in [9.17, 15) is 0 Å². The van der Waals surface area contributed by atoms with E-state index in [1.165, 1.54) is 12.8 Å². The Hall–Kier alpha value is -0.900. The van der Waals surface area contributed by atoms with Crippen LogP contribution in [0.25, 0.3) is 0 Å². The second-order valence-electron chi connectivity index (χ2n) is 4.21. The summed E-state index contributed by atoms with van der Waals surface area (Å²) in [6, 6.07) is 0.608. The Kier molecular flexibility index (Phi) is 6.08. The molecule has 1 unspecified atom stereocenters. The normalized spacial score (nSPS) is 12.9. The topological polar surface area (TPSA) is 42.7 Å². The average molecular weight is 224 g/mol. The van der Waals surface area contributed by atoms with Gasteiger partial charge in [-0.05, 0) is 26.3 Å². The number of nitrogens with zero attached hydrogens (tertiary/aromatic N) is 3. The monoisotopic (exact) mass is 224 g/mol. The van der Waals surface area contributed by atoms with Gasteiger partial charge in [-0.1, -0.05) is 20.3 Å². The van der Waals surface area contributed by atoms with Crippen LogP contribution in [-0.4, -0.2) is 27.9 Å². The van der Waals surface area contributed by atoms with E-state index < -0.39 is 0 Å². The van der Waals surface area contributed by atoms with Crippen LogP contribution in [0.1, 0.15) is 45.4 Å². The molecule has 0 aromatic carbocycles. The molecule has 1 aromatic heterocycles. The van der Waals surface area contributed by atoms with E-state index in [0.717, 1.165) is 31.6 Å². The molecular formula is C12H24N4. The zero-order valence-electron chi connectivity index (χ0n) is 10.7. The van der Waals surface area contributed by atoms with Crippen LogP contribution in [0.4, 0.5) is 0 Å². The first-order chi connectivity index (χ1) is 7.81. The Morgan fingerprint density at radius 2 is 2.12 bits per heavy atom. The lowest BCUT2D eigenvalue weighted by molar-refractivity contribution is 0.467. The summed E-state index contributed by atoms with van der Waals surface area (Å²) in [6.07, 6.45) is 7.41. The van der Waals surface area contributed by atoms with Gasteiger partial charge in [0.1, 0.15) is 12.2 Å². The summed E-state index contributed by atoms with van der Waals surface area (Å²) in [5, 5.41) is 7.60. The van der Waals surface area contributed by atoms with Crippen molar-refractivity contribution in [3.63, 3.8) is 0 Å². The summed E-state index contributed by atoms with van der Waals surface area (Å²) in [5.74, 6) is 1.12. The van der Waals surface area contributed by atoms with Crippen molar-refractivity contribution in [3.8, 4) is 0 Å². The highest BCUT2D eigenvalue weighted by molar-refractivity contribution is 4.86. The number of rotatable bonds is 8. The maximum absolute atomic E-state index is 4.33. The van der Waals surface area contributed by atoms with Gasteiger partial charge >= 0.3 is 0 Å². The molecule has 16 heavy (non-hydrogen) atoms. The Labute approximate surface area is 98.5 Å². The second-order valence-corrected chi connectivity index (χ2v) is 4.21. The van der Waals surface area contributed by atoms with Crippen LogP contribution in [0.2, 0.25) is 0 Å². The summed E-state index contributed by atoms with van der Waals surface area (Å²) in [7, 11) is 2.04. The fourth-order valence-corrected chi connectivity index (χ4v) is 1.97. The zero-order valence-corrected chi connectivity index (χ0v) is 10.7. The van der Waals surface area contributed by atoms with Gasteiger partial charge in [0.05, 0.1) is 0 Å². The molecule has 4 nitrogen and oxygen atoms in total. The second kappa shape index (κ2) is 7.39. The molecule has 1 atom stereocenters. The number of hydrogen-bond donors (Lipinski definition) is 1. The van der Waals surface area contributed by atoms with Crippen LogP contribution in [-0.2, 0) is 13.0 Å². The minimum atomic E-state index is 0.608. The predicted molar refractivity (Wildman–Crippen MR) is 66.4 cm³/mol. The van der Waals surface area contributed by atoms with Gasteiger partial charge in [-0.25, -0.2) is 4.98 Å². The molecule has 0 bridgehead atoms. The summed E-state index contributed by atoms with van der Waals surface area (Å²) >= 11 is 0. The van der Waals surface area contributed by atoms with Crippen molar-refractivity contribution in [2.75, 3.05) is 7.05 Å². The van der Waals surface area contributed by atoms with Crippen LogP contribution < -0.4 is 5.32 Å². The fraction of sp³-hybridized carbons (Fsp3) is 0.833. The lowest BCUT2D eigenvalue weighted by Crippen LogP contribution is -2.26. The third-order valence-electron chi connectivity index (χ3n) is 2.89. The van der Waals surface area contributed by atoms with Crippen LogP contribution >= 0.6 is 0 Å². The maximum atomic E-state index is 4.33. The Morgan fingerprint density at radius 1 is 1.31 bits per heavy atom. The molecule has 0 aliphatic rings. The van der Waals surface area contributed by atoms with Crippen molar-refractivity contribution in [3.05, 3.63) is 12.2 Å². The predicted octanol–water partition coefficient (Wildman–Crippen LogP) is 2.01. The van der Waals surface area contributed by atoms with E-state index in [0.29, 0.717) is 6.04 Å². The first-order valence-corrected chi connectivity index (χ1v) is 6.35. The van der Waals surface area contributed by atoms with Crippen molar-refractivity contribution in [1.29, 1.82) is 0 Å². The highest BCUT2D eigenvalue weighted by Gasteiger charge is 2.08. The van der Waals surface area contributed by atoms with Crippen molar-refractivity contribution >= 4 is 0 Å². The Morgan fingerprint density at radius 3 is 2.75 bits per heavy atom. The standard InChI is InChI=1S/C12H24N4/c1-4-6-11(13-3)7-8-12-14-10-15-16(12)9-5-2/h10-11,13H,4-9H2,1-3H3. The molecule has 0 aliphatic heterocycles. The van der Waals surface area contributed by atoms with Gasteiger partial charge < -0.3 is 5.32 Å². The third-order valence-corrected chi connectivity index (χ3v) is 2.89. The van der Waals surface area contributed by atoms with E-state index in [1.807, 2.05) is 11.7 Å². The number of nitrogens with one attached hydrogen (secondary N) is 1. The summed E-state index contributed by atoms with van der Waals surface area (Å²) in [6.45, 7) is 5.37. The summed E-state index contributed by atoms with van der Waals surface area (Å²) < 4.78 is 2.03. The number of aromatic nitrogens is 3. The Balaban J connectivity index is 2.43. The van der Waals surface area contributed by atoms with E-state index >= 15 is 0 Å². The van der Waals surface area contributed by atoms with Crippen molar-refractivity contribution in [2.45, 2.75) is 58.5 Å². The van der Waals surface area contributed by atoms with E-state index in [2.05, 4.69) is 29.2 Å². The lowest BCUT2D eigenvalue weighted by atomic mass is 10.1. The van der Waals surface area contributed by atoms with Crippen molar-refractivity contribution in [2.24, 2.45) is 0 Å². The summed E-state index contributed by atoms with van der Waals surface area (Å²) in [5.41, 5.74) is 0. The molecule has 0 spiro atoms. The van der Waals surface area contributed by atoms with Gasteiger partial charge in [0.15, 0.2) is 0 Å². The fourth-order valence-electron chi connectivity index (χ4n) is 1.97. The maximum Gasteiger partial charge on any atom is 0.138 e. The molecule has 0 aliphatic carbocycles. The van der Waals surface area contributed by atoms with E-state index in [1.54, 1.807) is 6.33 Å². The van der Waals surface area contributed by atoms with Gasteiger partial charge in [-0.3, -0.25) is 4.68 Å². The molecule has 4 heteroatoms. The van der Waals surface area contributed by atoms with Crippen molar-refractivity contribution in [1.82, 2.24) is 20.1 Å². The van der Waals surface area contributed by atoms with Crippen LogP contribution in [0.5, 0.6) is 0 Å². The van der Waals surface area contributed by atoms with Crippen LogP contribution in [0, 0.1) is 0 Å². The Bertz CT molecular complexity index is 282. The average Bonchev–Trinajstić information content (AvgIpc) is 2.72. The molecule has 1 aromatic rings. The molecule has 1 N–H and O–H groups in total. The summed E-state index contributed by atoms with van der Waals surface area (Å²) in [4.78, 5) is 4.33. The molecule has 1 heterocycles. The molecule has 0 saturated carbocycles. The zero-order chi connectivity index (χ0) is 11.8. The van der Waals surface area contributed by atoms with Gasteiger partial charge in [0.25, 0.3) is 0 Å². The third kappa shape index (κ3) is 3.93. The minimum Gasteiger partial charge on any atom is -0.317 e. The quantitative estimate of drug-likeness (QED) is 0.734.